The Kier molecular flexibility index (Phi) is 7.98. The lowest BCUT2D eigenvalue weighted by molar-refractivity contribution is -0.182. The Morgan fingerprint density at radius 2 is 1.77 bits per heavy atom. The van der Waals surface area contributed by atoms with Crippen LogP contribution in [0.2, 0.25) is 0 Å². The first-order valence-electron chi connectivity index (χ1n) is 17.3. The number of aliphatic hydroxyl groups excluding tert-OH is 1. The fraction of sp³-hybridized carbons (Fsp3) is 0.615. The van der Waals surface area contributed by atoms with Crippen molar-refractivity contribution in [2.75, 3.05) is 6.61 Å². The van der Waals surface area contributed by atoms with Gasteiger partial charge in [-0.25, -0.2) is 4.98 Å². The second-order valence-corrected chi connectivity index (χ2v) is 16.2. The molecule has 6 atom stereocenters. The van der Waals surface area contributed by atoms with E-state index >= 15 is 0 Å². The molecule has 0 spiro atoms. The third kappa shape index (κ3) is 4.85. The number of aryl methyl sites for hydroxylation is 1. The number of esters is 1. The maximum Gasteiger partial charge on any atom is 0.311 e. The molecule has 1 aromatic rings. The highest BCUT2D eigenvalue weighted by atomic mass is 16.5. The number of hydrogen-bond acceptors (Lipinski definition) is 7. The molecule has 1 aromatic heterocycles. The Bertz CT molecular complexity index is 1750. The monoisotopic (exact) mass is 636 g/mol. The summed E-state index contributed by atoms with van der Waals surface area (Å²) in [5.74, 6) is -0.179. The van der Waals surface area contributed by atoms with Crippen LogP contribution in [0.5, 0.6) is 0 Å². The predicted octanol–water partition coefficient (Wildman–Crippen LogP) is 7.97. The third-order valence-electron chi connectivity index (χ3n) is 13.7. The summed E-state index contributed by atoms with van der Waals surface area (Å²) < 4.78 is 7.68. The SMILES string of the molecule is CC1=C(O)C(=O)C=C2C1=CC=C1[C@@]2(C)CC[C@@]2(C)[C@@H]3C[C@](C)(C(=O)OCCCCCn4cnc(C#N)c4C#N)CC[C@]3(C)CC[C@]12C. The van der Waals surface area contributed by atoms with Gasteiger partial charge in [0.05, 0.1) is 18.3 Å². The Morgan fingerprint density at radius 1 is 1.02 bits per heavy atom. The number of aliphatic hydroxyl groups is 1. The van der Waals surface area contributed by atoms with Crippen molar-refractivity contribution in [2.24, 2.45) is 33.0 Å². The van der Waals surface area contributed by atoms with Gasteiger partial charge in [-0.15, -0.1) is 0 Å². The van der Waals surface area contributed by atoms with Gasteiger partial charge < -0.3 is 14.4 Å². The number of unbranched alkanes of at least 4 members (excludes halogenated alkanes) is 2. The summed E-state index contributed by atoms with van der Waals surface area (Å²) in [5.41, 5.74) is 3.77. The molecule has 0 aromatic carbocycles. The smallest absolute Gasteiger partial charge is 0.311 e. The lowest BCUT2D eigenvalue weighted by Gasteiger charge is -2.70. The first-order valence-corrected chi connectivity index (χ1v) is 17.3. The molecular weight excluding hydrogens is 588 g/mol. The molecule has 5 aliphatic rings. The number of ether oxygens (including phenoxy) is 1. The van der Waals surface area contributed by atoms with E-state index in [0.29, 0.717) is 30.3 Å². The van der Waals surface area contributed by atoms with Gasteiger partial charge in [0.15, 0.2) is 17.1 Å². The van der Waals surface area contributed by atoms with E-state index in [0.717, 1.165) is 75.4 Å². The van der Waals surface area contributed by atoms with Gasteiger partial charge >= 0.3 is 5.97 Å². The third-order valence-corrected chi connectivity index (χ3v) is 13.7. The van der Waals surface area contributed by atoms with Gasteiger partial charge in [0.1, 0.15) is 12.1 Å². The minimum atomic E-state index is -0.538. The molecule has 47 heavy (non-hydrogen) atoms. The summed E-state index contributed by atoms with van der Waals surface area (Å²) in [6.45, 7) is 14.6. The molecule has 0 unspecified atom stereocenters. The van der Waals surface area contributed by atoms with Gasteiger partial charge in [-0.2, -0.15) is 10.5 Å². The quantitative estimate of drug-likeness (QED) is 0.237. The van der Waals surface area contributed by atoms with Gasteiger partial charge in [0.2, 0.25) is 5.78 Å². The predicted molar refractivity (Wildman–Crippen MR) is 177 cm³/mol. The van der Waals surface area contributed by atoms with Crippen molar-refractivity contribution < 1.29 is 19.4 Å². The average Bonchev–Trinajstić information content (AvgIpc) is 3.45. The summed E-state index contributed by atoms with van der Waals surface area (Å²) in [5, 5.41) is 28.9. The summed E-state index contributed by atoms with van der Waals surface area (Å²) in [4.78, 5) is 30.5. The maximum atomic E-state index is 13.8. The lowest BCUT2D eigenvalue weighted by Crippen LogP contribution is -2.62. The van der Waals surface area contributed by atoms with Gasteiger partial charge in [-0.05, 0) is 117 Å². The molecule has 5 aliphatic carbocycles. The standard InChI is InChI=1S/C39H48N4O4/c1-25-26-10-11-31-37(4,27(26)20-30(44)33(25)45)15-17-39(6)32-21-36(3,13-12-35(32,2)14-16-38(31,39)5)34(46)47-19-9-7-8-18-43-24-42-28(22-40)29(43)23-41/h10-11,20,24,32,45H,7-9,12-19,21H2,1-6H3/t32-,35-,36-,37+,38-,39+/m1/s1. The zero-order chi connectivity index (χ0) is 34.0. The minimum absolute atomic E-state index is 0.0219. The normalized spacial score (nSPS) is 36.0. The van der Waals surface area contributed by atoms with Crippen LogP contribution in [0.1, 0.15) is 117 Å². The van der Waals surface area contributed by atoms with Gasteiger partial charge in [-0.1, -0.05) is 45.4 Å². The second kappa shape index (κ2) is 11.4. The zero-order valence-corrected chi connectivity index (χ0v) is 28.8. The van der Waals surface area contributed by atoms with Gasteiger partial charge in [0, 0.05) is 17.5 Å². The zero-order valence-electron chi connectivity index (χ0n) is 28.8. The Morgan fingerprint density at radius 3 is 2.49 bits per heavy atom. The first-order chi connectivity index (χ1) is 22.2. The maximum absolute atomic E-state index is 13.8. The number of carbonyl (C=O) groups is 2. The molecule has 1 N–H and O–H groups in total. The summed E-state index contributed by atoms with van der Waals surface area (Å²) in [6.07, 6.45) is 16.8. The fourth-order valence-corrected chi connectivity index (χ4v) is 10.3. The van der Waals surface area contributed by atoms with Crippen LogP contribution in [0.4, 0.5) is 0 Å². The van der Waals surface area contributed by atoms with E-state index < -0.39 is 5.41 Å². The molecule has 3 fully saturated rings. The number of imidazole rings is 1. The molecule has 0 bridgehead atoms. The van der Waals surface area contributed by atoms with Crippen molar-refractivity contribution in [2.45, 2.75) is 112 Å². The van der Waals surface area contributed by atoms with Crippen molar-refractivity contribution in [3.8, 4) is 12.1 Å². The molecule has 8 heteroatoms. The molecule has 0 amide bonds. The van der Waals surface area contributed by atoms with E-state index in [1.807, 2.05) is 13.0 Å². The number of nitrogens with zero attached hydrogens (tertiary/aromatic N) is 4. The highest BCUT2D eigenvalue weighted by Gasteiger charge is 2.67. The summed E-state index contributed by atoms with van der Waals surface area (Å²) in [6, 6.07) is 4.01. The summed E-state index contributed by atoms with van der Waals surface area (Å²) in [7, 11) is 0. The molecule has 3 saturated carbocycles. The first kappa shape index (κ1) is 33.0. The van der Waals surface area contributed by atoms with Crippen LogP contribution in [0.3, 0.4) is 0 Å². The van der Waals surface area contributed by atoms with E-state index in [1.54, 1.807) is 10.6 Å². The lowest BCUT2D eigenvalue weighted by atomic mass is 9.34. The summed E-state index contributed by atoms with van der Waals surface area (Å²) >= 11 is 0. The molecule has 248 valence electrons. The number of hydrogen-bond donors (Lipinski definition) is 1. The molecule has 0 saturated heterocycles. The van der Waals surface area contributed by atoms with Crippen LogP contribution in [0, 0.1) is 55.7 Å². The van der Waals surface area contributed by atoms with Crippen LogP contribution in [0.25, 0.3) is 0 Å². The number of carbonyl (C=O) groups excluding carboxylic acids is 2. The molecular formula is C39H48N4O4. The van der Waals surface area contributed by atoms with E-state index in [4.69, 9.17) is 10.00 Å². The largest absolute Gasteiger partial charge is 0.504 e. The van der Waals surface area contributed by atoms with Crippen LogP contribution < -0.4 is 0 Å². The van der Waals surface area contributed by atoms with E-state index in [9.17, 15) is 20.0 Å². The van der Waals surface area contributed by atoms with E-state index in [1.165, 1.54) is 11.9 Å². The number of aromatic nitrogens is 2. The highest BCUT2D eigenvalue weighted by Crippen LogP contribution is 2.75. The Balaban J connectivity index is 1.15. The van der Waals surface area contributed by atoms with E-state index in [2.05, 4.69) is 57.8 Å². The number of allylic oxidation sites excluding steroid dienone is 7. The molecule has 1 heterocycles. The Hall–Kier alpha value is -3.91. The van der Waals surface area contributed by atoms with Crippen LogP contribution in [0.15, 0.2) is 52.6 Å². The molecule has 0 radical (unpaired) electrons. The van der Waals surface area contributed by atoms with Crippen LogP contribution >= 0.6 is 0 Å². The number of nitriles is 2. The highest BCUT2D eigenvalue weighted by molar-refractivity contribution is 6.06. The average molecular weight is 637 g/mol. The van der Waals surface area contributed by atoms with Crippen LogP contribution in [-0.4, -0.2) is 33.0 Å². The van der Waals surface area contributed by atoms with Crippen molar-refractivity contribution in [3.05, 3.63) is 64.0 Å². The van der Waals surface area contributed by atoms with Crippen molar-refractivity contribution in [1.82, 2.24) is 9.55 Å². The van der Waals surface area contributed by atoms with E-state index in [-0.39, 0.29) is 44.9 Å². The van der Waals surface area contributed by atoms with Crippen molar-refractivity contribution >= 4 is 11.8 Å². The number of rotatable bonds is 7. The van der Waals surface area contributed by atoms with Gasteiger partial charge in [0.25, 0.3) is 0 Å². The van der Waals surface area contributed by atoms with Gasteiger partial charge in [-0.3, -0.25) is 9.59 Å². The molecule has 8 nitrogen and oxygen atoms in total. The van der Waals surface area contributed by atoms with Crippen molar-refractivity contribution in [3.63, 3.8) is 0 Å². The molecule has 6 rings (SSSR count). The minimum Gasteiger partial charge on any atom is -0.504 e. The second-order valence-electron chi connectivity index (χ2n) is 16.2. The number of fused-ring (bicyclic) bond motifs is 7. The fourth-order valence-electron chi connectivity index (χ4n) is 10.3. The van der Waals surface area contributed by atoms with Crippen molar-refractivity contribution in [1.29, 1.82) is 10.5 Å². The topological polar surface area (TPSA) is 129 Å². The van der Waals surface area contributed by atoms with Crippen LogP contribution in [-0.2, 0) is 20.9 Å². The molecule has 0 aliphatic heterocycles. The number of ketones is 1. The Labute approximate surface area is 278 Å².